The highest BCUT2D eigenvalue weighted by molar-refractivity contribution is 8.07. The largest absolute Gasteiger partial charge is 0.859 e. The summed E-state index contributed by atoms with van der Waals surface area (Å²) in [6.07, 6.45) is -5.14. The van der Waals surface area contributed by atoms with Gasteiger partial charge in [0, 0.05) is 5.90 Å². The first kappa shape index (κ1) is 22.7. The molecule has 0 aromatic carbocycles. The second kappa shape index (κ2) is 7.90. The molecule has 0 aliphatic carbocycles. The highest BCUT2D eigenvalue weighted by Gasteiger charge is 2.55. The van der Waals surface area contributed by atoms with Crippen LogP contribution in [0.4, 0.5) is 0 Å². The Kier molecular flexibility index (Phi) is 6.17. The van der Waals surface area contributed by atoms with E-state index in [0.29, 0.717) is 0 Å². The molecule has 3 aliphatic heterocycles. The van der Waals surface area contributed by atoms with Gasteiger partial charge in [0.1, 0.15) is 25.0 Å². The Hall–Kier alpha value is -1.03. The molecule has 0 saturated carbocycles. The molecule has 1 fully saturated rings. The molecule has 29 heavy (non-hydrogen) atoms. The Labute approximate surface area is 168 Å². The first-order chi connectivity index (χ1) is 13.3. The van der Waals surface area contributed by atoms with Gasteiger partial charge in [-0.05, 0) is 0 Å². The molecule has 4 N–H and O–H groups in total. The quantitative estimate of drug-likeness (QED) is 0.241. The zero-order valence-electron chi connectivity index (χ0n) is 14.6. The van der Waals surface area contributed by atoms with Crippen LogP contribution in [0.3, 0.4) is 0 Å². The lowest BCUT2D eigenvalue weighted by atomic mass is 10.1. The molecular weight excluding hydrogens is 456 g/mol. The maximum atomic E-state index is 12.1. The lowest BCUT2D eigenvalue weighted by molar-refractivity contribution is -0.518. The van der Waals surface area contributed by atoms with Crippen molar-refractivity contribution in [3.63, 3.8) is 0 Å². The number of aliphatic imine (C=N–C) groups is 2. The van der Waals surface area contributed by atoms with Crippen molar-refractivity contribution in [2.75, 3.05) is 13.7 Å². The highest BCUT2D eigenvalue weighted by Crippen LogP contribution is 2.51. The van der Waals surface area contributed by atoms with E-state index >= 15 is 0 Å². The van der Waals surface area contributed by atoms with Crippen molar-refractivity contribution in [3.05, 3.63) is 0 Å². The van der Waals surface area contributed by atoms with Crippen LogP contribution in [0.2, 0.25) is 0 Å². The zero-order chi connectivity index (χ0) is 21.7. The van der Waals surface area contributed by atoms with Gasteiger partial charge < -0.3 is 53.9 Å². The van der Waals surface area contributed by atoms with Gasteiger partial charge >= 0.3 is 0 Å². The van der Waals surface area contributed by atoms with Crippen molar-refractivity contribution in [2.45, 2.75) is 36.7 Å². The van der Waals surface area contributed by atoms with E-state index in [1.54, 1.807) is 7.05 Å². The van der Waals surface area contributed by atoms with Crippen molar-refractivity contribution in [1.29, 1.82) is 0 Å². The molecule has 0 aromatic heterocycles. The van der Waals surface area contributed by atoms with Crippen molar-refractivity contribution >= 4 is 44.5 Å². The predicted molar refractivity (Wildman–Crippen MR) is 90.3 cm³/mol. The molecule has 18 heteroatoms. The van der Waals surface area contributed by atoms with E-state index in [4.69, 9.17) is 10.5 Å². The van der Waals surface area contributed by atoms with Gasteiger partial charge in [0.05, 0.1) is 21.5 Å². The number of hydrogen-bond donors (Lipinski definition) is 3. The van der Waals surface area contributed by atoms with E-state index in [1.165, 1.54) is 15.8 Å². The van der Waals surface area contributed by atoms with Gasteiger partial charge in [-0.1, -0.05) is 11.8 Å². The van der Waals surface area contributed by atoms with Crippen LogP contribution in [0.1, 0.15) is 0 Å². The summed E-state index contributed by atoms with van der Waals surface area (Å²) in [7, 11) is -4.11. The molecule has 0 aromatic rings. The summed E-state index contributed by atoms with van der Waals surface area (Å²) in [5.41, 5.74) is 5.52. The van der Waals surface area contributed by atoms with E-state index in [2.05, 4.69) is 30.6 Å². The number of hydrogen-bond acceptors (Lipinski definition) is 15. The first-order valence-corrected chi connectivity index (χ1v) is 11.9. The predicted octanol–water partition coefficient (Wildman–Crippen LogP) is -6.35. The fourth-order valence-corrected chi connectivity index (χ4v) is 5.56. The molecule has 0 radical (unpaired) electrons. The van der Waals surface area contributed by atoms with E-state index in [0.717, 1.165) is 0 Å². The molecule has 15 nitrogen and oxygen atoms in total. The SMILES string of the molecule is C[N+]1=CN(C2OC(COP([O-])(=S)OP(=O)([O-])[O-])C(O)C2O)C2N=C(N)N=C([O-])C21. The number of rotatable bonds is 6. The molecular formula is C11H16N5O10P2S-3. The normalized spacial score (nSPS) is 36.9. The summed E-state index contributed by atoms with van der Waals surface area (Å²) in [6.45, 7) is -5.47. The molecule has 0 spiro atoms. The standard InChI is InChI=1S/C11H19N5O10P2S/c1-15-3-16(8-5(15)9(19)14-11(12)13-8)10-7(18)6(17)4(25-10)2-24-28(23,29)26-27(20,21)22/h3-8,10,17-18H,2H2,1H3,(H5-,12,13,14,19,20,21,22,23,29)/p-3. The third-order valence-corrected chi connectivity index (χ3v) is 7.29. The van der Waals surface area contributed by atoms with Crippen molar-refractivity contribution in [1.82, 2.24) is 4.90 Å². The summed E-state index contributed by atoms with van der Waals surface area (Å²) in [5.74, 6) is -0.817. The van der Waals surface area contributed by atoms with E-state index in [-0.39, 0.29) is 5.96 Å². The Morgan fingerprint density at radius 1 is 1.41 bits per heavy atom. The number of fused-ring (bicyclic) bond motifs is 1. The summed E-state index contributed by atoms with van der Waals surface area (Å²) in [6, 6.07) is -0.824. The van der Waals surface area contributed by atoms with Crippen molar-refractivity contribution in [2.24, 2.45) is 15.7 Å². The van der Waals surface area contributed by atoms with Gasteiger partial charge in [0.15, 0.2) is 6.04 Å². The Morgan fingerprint density at radius 2 is 2.07 bits per heavy atom. The molecule has 3 aliphatic rings. The van der Waals surface area contributed by atoms with Gasteiger partial charge in [0.25, 0.3) is 0 Å². The maximum Gasteiger partial charge on any atom is 0.238 e. The van der Waals surface area contributed by atoms with Crippen LogP contribution in [0, 0.1) is 0 Å². The van der Waals surface area contributed by atoms with Crippen LogP contribution in [-0.4, -0.2) is 88.3 Å². The first-order valence-electron chi connectivity index (χ1n) is 7.93. The second-order valence-corrected chi connectivity index (χ2v) is 10.4. The van der Waals surface area contributed by atoms with Crippen LogP contribution < -0.4 is 25.5 Å². The lowest BCUT2D eigenvalue weighted by Crippen LogP contribution is -2.54. The van der Waals surface area contributed by atoms with E-state index in [1.807, 2.05) is 0 Å². The van der Waals surface area contributed by atoms with Gasteiger partial charge in [-0.25, -0.2) is 9.89 Å². The summed E-state index contributed by atoms with van der Waals surface area (Å²) >= 11 is 4.28. The minimum absolute atomic E-state index is 0.262. The average Bonchev–Trinajstić information content (AvgIpc) is 3.01. The van der Waals surface area contributed by atoms with Crippen molar-refractivity contribution < 1.29 is 52.7 Å². The van der Waals surface area contributed by atoms with E-state index < -0.39 is 63.8 Å². The van der Waals surface area contributed by atoms with Gasteiger partial charge in [-0.3, -0.25) is 4.58 Å². The fraction of sp³-hybridized carbons (Fsp3) is 0.727. The minimum Gasteiger partial charge on any atom is -0.859 e. The minimum atomic E-state index is -5.67. The Balaban J connectivity index is 1.71. The van der Waals surface area contributed by atoms with Crippen molar-refractivity contribution in [3.8, 4) is 0 Å². The molecule has 7 unspecified atom stereocenters. The summed E-state index contributed by atoms with van der Waals surface area (Å²) in [4.78, 5) is 41.8. The molecule has 3 rings (SSSR count). The topological polar surface area (TPSA) is 234 Å². The van der Waals surface area contributed by atoms with Gasteiger partial charge in [0.2, 0.25) is 24.7 Å². The van der Waals surface area contributed by atoms with Crippen LogP contribution in [0.25, 0.3) is 0 Å². The highest BCUT2D eigenvalue weighted by atomic mass is 32.5. The summed E-state index contributed by atoms with van der Waals surface area (Å²) in [5, 5.41) is 32.6. The molecule has 7 atom stereocenters. The number of likely N-dealkylation sites (N-methyl/N-ethyl adjacent to an activating group) is 1. The number of phosphoric acid groups is 1. The molecule has 1 saturated heterocycles. The number of nitrogens with two attached hydrogens (primary N) is 1. The zero-order valence-corrected chi connectivity index (χ0v) is 17.2. The molecule has 3 heterocycles. The number of nitrogens with zero attached hydrogens (tertiary/aromatic N) is 4. The lowest BCUT2D eigenvalue weighted by Gasteiger charge is -2.38. The van der Waals surface area contributed by atoms with Crippen LogP contribution in [0.5, 0.6) is 0 Å². The molecule has 164 valence electrons. The Bertz CT molecular complexity index is 863. The van der Waals surface area contributed by atoms with Crippen LogP contribution >= 0.6 is 14.5 Å². The monoisotopic (exact) mass is 472 g/mol. The number of guanidine groups is 1. The number of aliphatic hydroxyl groups excluding tert-OH is 2. The van der Waals surface area contributed by atoms with Crippen LogP contribution in [-0.2, 0) is 29.9 Å². The average molecular weight is 472 g/mol. The smallest absolute Gasteiger partial charge is 0.238 e. The van der Waals surface area contributed by atoms with Gasteiger partial charge in [-0.2, -0.15) is 4.99 Å². The second-order valence-electron chi connectivity index (χ2n) is 6.34. The number of aliphatic hydroxyl groups is 2. The Morgan fingerprint density at radius 3 is 2.69 bits per heavy atom. The van der Waals surface area contributed by atoms with Crippen LogP contribution in [0.15, 0.2) is 9.98 Å². The molecule has 0 bridgehead atoms. The third-order valence-electron chi connectivity index (χ3n) is 4.31. The third kappa shape index (κ3) is 4.84. The fourth-order valence-electron chi connectivity index (χ4n) is 3.15. The maximum absolute atomic E-state index is 12.1. The number of ether oxygens (including phenoxy) is 1. The van der Waals surface area contributed by atoms with Gasteiger partial charge in [-0.15, -0.1) is 0 Å². The summed E-state index contributed by atoms with van der Waals surface area (Å²) < 4.78 is 25.8. The van der Waals surface area contributed by atoms with E-state index in [9.17, 15) is 34.6 Å². The molecule has 0 amide bonds.